The lowest BCUT2D eigenvalue weighted by molar-refractivity contribution is -0.385. The number of nitro benzene ring substituents is 1. The summed E-state index contributed by atoms with van der Waals surface area (Å²) in [5.74, 6) is -2.80. The van der Waals surface area contributed by atoms with Gasteiger partial charge in [-0.15, -0.1) is 0 Å². The molecular weight excluding hydrogens is 460 g/mol. The monoisotopic (exact) mass is 488 g/mol. The highest BCUT2D eigenvalue weighted by Gasteiger charge is 2.48. The van der Waals surface area contributed by atoms with E-state index in [1.807, 2.05) is 6.92 Å². The summed E-state index contributed by atoms with van der Waals surface area (Å²) in [6.45, 7) is 5.62. The number of benzene rings is 1. The first-order valence-electron chi connectivity index (χ1n) is 11.0. The van der Waals surface area contributed by atoms with E-state index in [4.69, 9.17) is 9.47 Å². The van der Waals surface area contributed by atoms with Gasteiger partial charge in [0.2, 0.25) is 0 Å². The lowest BCUT2D eigenvalue weighted by atomic mass is 9.69. The Hall–Kier alpha value is -3.14. The Labute approximate surface area is 202 Å². The number of methoxy groups -OCH3 is 1. The van der Waals surface area contributed by atoms with E-state index in [-0.39, 0.29) is 34.9 Å². The van der Waals surface area contributed by atoms with Crippen LogP contribution in [0.4, 0.5) is 5.69 Å². The summed E-state index contributed by atoms with van der Waals surface area (Å²) in [6, 6.07) is 6.01. The molecule has 1 heterocycles. The summed E-state index contributed by atoms with van der Waals surface area (Å²) in [5.41, 5.74) is 1.29. The summed E-state index contributed by atoms with van der Waals surface area (Å²) in [5, 5.41) is 15.0. The summed E-state index contributed by atoms with van der Waals surface area (Å²) in [6.07, 6.45) is 0.352. The number of hydrogen-bond acceptors (Lipinski definition) is 9. The molecule has 1 aliphatic carbocycles. The lowest BCUT2D eigenvalue weighted by Gasteiger charge is -2.38. The van der Waals surface area contributed by atoms with E-state index < -0.39 is 34.5 Å². The molecule has 0 unspecified atom stereocenters. The molecule has 0 fully saturated rings. The number of carbonyl (C=O) groups is 3. The maximum atomic E-state index is 13.7. The van der Waals surface area contributed by atoms with Gasteiger partial charge in [-0.1, -0.05) is 32.0 Å². The Bertz CT molecular complexity index is 1080. The molecule has 0 bridgehead atoms. The van der Waals surface area contributed by atoms with Crippen molar-refractivity contribution in [2.75, 3.05) is 25.2 Å². The van der Waals surface area contributed by atoms with Crippen molar-refractivity contribution in [2.24, 2.45) is 11.8 Å². The van der Waals surface area contributed by atoms with Crippen LogP contribution in [0.2, 0.25) is 0 Å². The van der Waals surface area contributed by atoms with E-state index in [0.29, 0.717) is 23.6 Å². The van der Waals surface area contributed by atoms with Crippen molar-refractivity contribution in [2.45, 2.75) is 33.1 Å². The topological polar surface area (TPSA) is 125 Å². The van der Waals surface area contributed by atoms with Gasteiger partial charge in [0.05, 0.1) is 23.5 Å². The molecule has 1 aromatic carbocycles. The molecule has 3 rings (SSSR count). The number of hydrogen-bond donors (Lipinski definition) is 1. The van der Waals surface area contributed by atoms with Crippen molar-refractivity contribution >= 4 is 35.2 Å². The van der Waals surface area contributed by atoms with Crippen LogP contribution >= 0.6 is 11.8 Å². The highest BCUT2D eigenvalue weighted by Crippen LogP contribution is 2.47. The molecule has 9 nitrogen and oxygen atoms in total. The van der Waals surface area contributed by atoms with E-state index in [1.165, 1.54) is 25.3 Å². The summed E-state index contributed by atoms with van der Waals surface area (Å²) >= 11 is 1.61. The van der Waals surface area contributed by atoms with Gasteiger partial charge in [-0.2, -0.15) is 11.8 Å². The number of nitrogens with one attached hydrogen (secondary N) is 1. The van der Waals surface area contributed by atoms with Crippen LogP contribution < -0.4 is 5.32 Å². The number of nitro groups is 1. The van der Waals surface area contributed by atoms with Gasteiger partial charge >= 0.3 is 11.9 Å². The minimum Gasteiger partial charge on any atom is -0.468 e. The Morgan fingerprint density at radius 1 is 1.29 bits per heavy atom. The Morgan fingerprint density at radius 2 is 2.00 bits per heavy atom. The molecule has 0 amide bonds. The van der Waals surface area contributed by atoms with E-state index in [1.54, 1.807) is 31.7 Å². The molecule has 0 saturated heterocycles. The number of ketones is 1. The average Bonchev–Trinajstić information content (AvgIpc) is 2.80. The fourth-order valence-corrected chi connectivity index (χ4v) is 5.07. The highest BCUT2D eigenvalue weighted by molar-refractivity contribution is 7.99. The predicted octanol–water partition coefficient (Wildman–Crippen LogP) is 3.50. The van der Waals surface area contributed by atoms with Gasteiger partial charge in [0, 0.05) is 34.3 Å². The van der Waals surface area contributed by atoms with E-state index in [2.05, 4.69) is 5.32 Å². The lowest BCUT2D eigenvalue weighted by Crippen LogP contribution is -2.43. The van der Waals surface area contributed by atoms with Crippen LogP contribution in [0.5, 0.6) is 0 Å². The zero-order chi connectivity index (χ0) is 25.0. The number of esters is 2. The number of rotatable bonds is 8. The van der Waals surface area contributed by atoms with Crippen LogP contribution in [0.25, 0.3) is 0 Å². The molecule has 1 N–H and O–H groups in total. The molecule has 182 valence electrons. The van der Waals surface area contributed by atoms with Gasteiger partial charge in [0.1, 0.15) is 12.5 Å². The van der Waals surface area contributed by atoms with Gasteiger partial charge < -0.3 is 14.8 Å². The van der Waals surface area contributed by atoms with Gasteiger partial charge in [0.15, 0.2) is 5.78 Å². The van der Waals surface area contributed by atoms with Gasteiger partial charge in [0.25, 0.3) is 5.69 Å². The second kappa shape index (κ2) is 10.9. The Morgan fingerprint density at radius 3 is 2.65 bits per heavy atom. The SMILES string of the molecule is CCSCCOC(=O)C1=C(C)NC2=C(C(=O)[C@@H](C(=O)OC)[C@H](C)C2)[C@@H]1c1ccccc1[N+](=O)[O-]. The first-order valence-corrected chi connectivity index (χ1v) is 12.2. The third kappa shape index (κ3) is 4.86. The zero-order valence-corrected chi connectivity index (χ0v) is 20.4. The molecule has 1 aromatic rings. The minimum absolute atomic E-state index is 0.126. The fraction of sp³-hybridized carbons (Fsp3) is 0.458. The quantitative estimate of drug-likeness (QED) is 0.192. The van der Waals surface area contributed by atoms with Crippen LogP contribution in [-0.4, -0.2) is 47.9 Å². The maximum Gasteiger partial charge on any atom is 0.336 e. The first kappa shape index (κ1) is 25.5. The third-order valence-corrected chi connectivity index (χ3v) is 6.94. The number of allylic oxidation sites excluding steroid dienone is 3. The van der Waals surface area contributed by atoms with Crippen molar-refractivity contribution in [3.8, 4) is 0 Å². The number of nitrogens with zero attached hydrogens (tertiary/aromatic N) is 1. The Balaban J connectivity index is 2.16. The minimum atomic E-state index is -1.06. The number of carbonyl (C=O) groups excluding carboxylic acids is 3. The molecule has 2 aliphatic rings. The van der Waals surface area contributed by atoms with Crippen molar-refractivity contribution in [3.63, 3.8) is 0 Å². The molecule has 1 aliphatic heterocycles. The summed E-state index contributed by atoms with van der Waals surface area (Å²) < 4.78 is 10.4. The van der Waals surface area contributed by atoms with Crippen molar-refractivity contribution < 1.29 is 28.8 Å². The zero-order valence-electron chi connectivity index (χ0n) is 19.6. The van der Waals surface area contributed by atoms with Crippen LogP contribution in [0, 0.1) is 22.0 Å². The van der Waals surface area contributed by atoms with Gasteiger partial charge in [-0.3, -0.25) is 19.7 Å². The van der Waals surface area contributed by atoms with Crippen molar-refractivity contribution in [1.29, 1.82) is 0 Å². The number of ether oxygens (including phenoxy) is 2. The molecule has 10 heteroatoms. The molecule has 34 heavy (non-hydrogen) atoms. The number of para-hydroxylation sites is 1. The standard InChI is InChI=1S/C24H28N2O7S/c1-5-34-11-10-33-24(29)19-14(3)25-16-12-13(2)18(23(28)32-4)22(27)21(16)20(19)15-8-6-7-9-17(15)26(30)31/h6-9,13,18,20,25H,5,10-12H2,1-4H3/t13-,18+,20-/m1/s1. The molecule has 0 spiro atoms. The fourth-order valence-electron chi connectivity index (χ4n) is 4.58. The van der Waals surface area contributed by atoms with Crippen LogP contribution in [0.15, 0.2) is 46.8 Å². The van der Waals surface area contributed by atoms with Crippen LogP contribution in [-0.2, 0) is 23.9 Å². The maximum absolute atomic E-state index is 13.7. The van der Waals surface area contributed by atoms with E-state index >= 15 is 0 Å². The number of thioether (sulfide) groups is 1. The second-order valence-electron chi connectivity index (χ2n) is 8.18. The largest absolute Gasteiger partial charge is 0.468 e. The van der Waals surface area contributed by atoms with E-state index in [9.17, 15) is 24.5 Å². The Kier molecular flexibility index (Phi) is 8.14. The van der Waals surface area contributed by atoms with Crippen LogP contribution in [0.1, 0.15) is 38.7 Å². The van der Waals surface area contributed by atoms with Gasteiger partial charge in [-0.25, -0.2) is 4.79 Å². The van der Waals surface area contributed by atoms with E-state index in [0.717, 1.165) is 5.75 Å². The number of Topliss-reactive ketones (excluding diaryl/α,β-unsaturated/α-hetero) is 1. The normalized spacial score (nSPS) is 22.1. The molecule has 0 saturated carbocycles. The number of dihydropyridines is 1. The third-order valence-electron chi connectivity index (χ3n) is 6.07. The van der Waals surface area contributed by atoms with Crippen molar-refractivity contribution in [3.05, 3.63) is 62.5 Å². The average molecular weight is 489 g/mol. The molecular formula is C24H28N2O7S. The summed E-state index contributed by atoms with van der Waals surface area (Å²) in [4.78, 5) is 50.7. The predicted molar refractivity (Wildman–Crippen MR) is 127 cm³/mol. The second-order valence-corrected chi connectivity index (χ2v) is 9.58. The van der Waals surface area contributed by atoms with Crippen LogP contribution in [0.3, 0.4) is 0 Å². The molecule has 0 radical (unpaired) electrons. The molecule has 3 atom stereocenters. The summed E-state index contributed by atoms with van der Waals surface area (Å²) in [7, 11) is 1.21. The first-order chi connectivity index (χ1) is 16.2. The molecule has 0 aromatic heterocycles. The van der Waals surface area contributed by atoms with Crippen molar-refractivity contribution in [1.82, 2.24) is 5.32 Å². The van der Waals surface area contributed by atoms with Gasteiger partial charge in [-0.05, 0) is 25.0 Å². The smallest absolute Gasteiger partial charge is 0.336 e. The highest BCUT2D eigenvalue weighted by atomic mass is 32.2.